The van der Waals surface area contributed by atoms with Crippen LogP contribution in [0.4, 0.5) is 5.82 Å². The largest absolute Gasteiger partial charge is 0.383 e. The second-order valence-electron chi connectivity index (χ2n) is 6.10. The molecule has 3 aromatic rings. The smallest absolute Gasteiger partial charge is 0.186 e. The van der Waals surface area contributed by atoms with E-state index in [2.05, 4.69) is 56.3 Å². The second kappa shape index (κ2) is 5.62. The van der Waals surface area contributed by atoms with E-state index in [0.29, 0.717) is 17.5 Å². The topological polar surface area (TPSA) is 83.7 Å². The fraction of sp³-hybridized carbons (Fsp3) is 0.353. The molecule has 23 heavy (non-hydrogen) atoms. The number of hydrogen-bond donors (Lipinski definition) is 2. The van der Waals surface area contributed by atoms with Crippen molar-refractivity contribution in [3.8, 4) is 11.3 Å². The van der Waals surface area contributed by atoms with Crippen LogP contribution < -0.4 is 5.73 Å². The quantitative estimate of drug-likeness (QED) is 0.777. The van der Waals surface area contributed by atoms with Gasteiger partial charge in [0.1, 0.15) is 12.1 Å². The minimum Gasteiger partial charge on any atom is -0.383 e. The van der Waals surface area contributed by atoms with E-state index in [0.717, 1.165) is 16.6 Å². The summed E-state index contributed by atoms with van der Waals surface area (Å²) in [4.78, 5) is 10.8. The van der Waals surface area contributed by atoms with E-state index in [1.807, 2.05) is 0 Å². The summed E-state index contributed by atoms with van der Waals surface area (Å²) in [6.07, 6.45) is 4.03. The average molecular weight is 308 g/mol. The summed E-state index contributed by atoms with van der Waals surface area (Å²) >= 11 is 0. The third-order valence-electron chi connectivity index (χ3n) is 4.73. The molecule has 1 saturated heterocycles. The van der Waals surface area contributed by atoms with Gasteiger partial charge in [-0.15, -0.1) is 0 Å². The van der Waals surface area contributed by atoms with Gasteiger partial charge >= 0.3 is 0 Å². The van der Waals surface area contributed by atoms with Crippen LogP contribution in [0, 0.1) is 0 Å². The monoisotopic (exact) mass is 308 g/mol. The summed E-state index contributed by atoms with van der Waals surface area (Å²) in [7, 11) is 0. The molecule has 3 N–H and O–H groups in total. The summed E-state index contributed by atoms with van der Waals surface area (Å²) in [5.74, 6) is 0.455. The number of nitrogen functional groups attached to an aromatic ring is 1. The first kappa shape index (κ1) is 14.1. The SMILES string of the molecule is C[C@@H](c1cccc(-c2[nH]nc3ncnc(N)c23)c1)N1CCCC1. The molecule has 0 spiro atoms. The summed E-state index contributed by atoms with van der Waals surface area (Å²) in [6, 6.07) is 8.97. The van der Waals surface area contributed by atoms with Gasteiger partial charge in [0, 0.05) is 11.6 Å². The Morgan fingerprint density at radius 3 is 2.87 bits per heavy atom. The van der Waals surface area contributed by atoms with Crippen LogP contribution in [0.15, 0.2) is 30.6 Å². The minimum absolute atomic E-state index is 0.417. The molecule has 4 rings (SSSR count). The maximum atomic E-state index is 6.02. The van der Waals surface area contributed by atoms with Crippen LogP contribution in [0.3, 0.4) is 0 Å². The highest BCUT2D eigenvalue weighted by Crippen LogP contribution is 2.31. The Kier molecular flexibility index (Phi) is 3.46. The Morgan fingerprint density at radius 1 is 1.22 bits per heavy atom. The van der Waals surface area contributed by atoms with Crippen molar-refractivity contribution >= 4 is 16.9 Å². The third-order valence-corrected chi connectivity index (χ3v) is 4.73. The third kappa shape index (κ3) is 2.45. The van der Waals surface area contributed by atoms with Crippen LogP contribution in [0.1, 0.15) is 31.4 Å². The van der Waals surface area contributed by atoms with Gasteiger partial charge in [-0.2, -0.15) is 5.10 Å². The van der Waals surface area contributed by atoms with Gasteiger partial charge in [-0.1, -0.05) is 18.2 Å². The van der Waals surface area contributed by atoms with E-state index in [1.165, 1.54) is 37.8 Å². The molecule has 1 aliphatic rings. The first-order valence-corrected chi connectivity index (χ1v) is 8.03. The number of likely N-dealkylation sites (tertiary alicyclic amines) is 1. The molecule has 1 atom stereocenters. The normalized spacial score (nSPS) is 16.9. The highest BCUT2D eigenvalue weighted by molar-refractivity contribution is 5.97. The molecule has 1 aromatic carbocycles. The van der Waals surface area contributed by atoms with Crippen molar-refractivity contribution in [3.05, 3.63) is 36.2 Å². The Labute approximate surface area is 134 Å². The minimum atomic E-state index is 0.417. The molecular weight excluding hydrogens is 288 g/mol. The van der Waals surface area contributed by atoms with Gasteiger partial charge in [-0.25, -0.2) is 9.97 Å². The first-order chi connectivity index (χ1) is 11.2. The number of hydrogen-bond acceptors (Lipinski definition) is 5. The van der Waals surface area contributed by atoms with E-state index < -0.39 is 0 Å². The number of anilines is 1. The van der Waals surface area contributed by atoms with E-state index in [1.54, 1.807) is 0 Å². The standard InChI is InChI=1S/C17H20N6/c1-11(23-7-2-3-8-23)12-5-4-6-13(9-12)15-14-16(18)19-10-20-17(14)22-21-15/h4-6,9-11H,2-3,7-8H2,1H3,(H3,18,19,20,21,22)/t11-/m0/s1. The Hall–Kier alpha value is -2.47. The van der Waals surface area contributed by atoms with Gasteiger partial charge in [-0.3, -0.25) is 10.00 Å². The van der Waals surface area contributed by atoms with E-state index in [4.69, 9.17) is 5.73 Å². The lowest BCUT2D eigenvalue weighted by Gasteiger charge is -2.24. The highest BCUT2D eigenvalue weighted by atomic mass is 15.2. The molecule has 0 saturated carbocycles. The van der Waals surface area contributed by atoms with Crippen molar-refractivity contribution in [2.45, 2.75) is 25.8 Å². The molecule has 0 unspecified atom stereocenters. The zero-order valence-electron chi connectivity index (χ0n) is 13.2. The van der Waals surface area contributed by atoms with Crippen molar-refractivity contribution in [1.29, 1.82) is 0 Å². The predicted octanol–water partition coefficient (Wildman–Crippen LogP) is 2.76. The number of benzene rings is 1. The van der Waals surface area contributed by atoms with Crippen molar-refractivity contribution in [3.63, 3.8) is 0 Å². The van der Waals surface area contributed by atoms with Crippen molar-refractivity contribution in [1.82, 2.24) is 25.1 Å². The molecule has 0 aliphatic carbocycles. The Balaban J connectivity index is 1.75. The highest BCUT2D eigenvalue weighted by Gasteiger charge is 2.20. The fourth-order valence-corrected chi connectivity index (χ4v) is 3.38. The molecule has 6 nitrogen and oxygen atoms in total. The van der Waals surface area contributed by atoms with Gasteiger partial charge in [-0.05, 0) is 44.5 Å². The van der Waals surface area contributed by atoms with Gasteiger partial charge in [0.15, 0.2) is 5.65 Å². The number of nitrogens with zero attached hydrogens (tertiary/aromatic N) is 4. The Morgan fingerprint density at radius 2 is 2.04 bits per heavy atom. The van der Waals surface area contributed by atoms with Crippen molar-refractivity contribution < 1.29 is 0 Å². The van der Waals surface area contributed by atoms with Crippen molar-refractivity contribution in [2.75, 3.05) is 18.8 Å². The first-order valence-electron chi connectivity index (χ1n) is 8.03. The summed E-state index contributed by atoms with van der Waals surface area (Å²) in [5.41, 5.74) is 9.88. The number of rotatable bonds is 3. The van der Waals surface area contributed by atoms with E-state index >= 15 is 0 Å². The van der Waals surface area contributed by atoms with Crippen molar-refractivity contribution in [2.24, 2.45) is 0 Å². The molecule has 1 aliphatic heterocycles. The second-order valence-corrected chi connectivity index (χ2v) is 6.10. The van der Waals surface area contributed by atoms with Gasteiger partial charge in [0.05, 0.1) is 11.1 Å². The molecule has 0 amide bonds. The molecule has 0 bridgehead atoms. The van der Waals surface area contributed by atoms with Crippen LogP contribution >= 0.6 is 0 Å². The molecule has 6 heteroatoms. The number of aromatic amines is 1. The van der Waals surface area contributed by atoms with Crippen LogP contribution in [-0.2, 0) is 0 Å². The molecule has 0 radical (unpaired) electrons. The number of aromatic nitrogens is 4. The lowest BCUT2D eigenvalue weighted by atomic mass is 10.0. The van der Waals surface area contributed by atoms with E-state index in [-0.39, 0.29) is 0 Å². The zero-order chi connectivity index (χ0) is 15.8. The zero-order valence-corrected chi connectivity index (χ0v) is 13.2. The van der Waals surface area contributed by atoms with Crippen LogP contribution in [0.25, 0.3) is 22.3 Å². The van der Waals surface area contributed by atoms with Gasteiger partial charge < -0.3 is 5.73 Å². The van der Waals surface area contributed by atoms with Gasteiger partial charge in [0.25, 0.3) is 0 Å². The summed E-state index contributed by atoms with van der Waals surface area (Å²) in [5, 5.41) is 8.09. The number of H-pyrrole nitrogens is 1. The maximum Gasteiger partial charge on any atom is 0.186 e. The molecule has 118 valence electrons. The summed E-state index contributed by atoms with van der Waals surface area (Å²) < 4.78 is 0. The maximum absolute atomic E-state index is 6.02. The number of nitrogens with two attached hydrogens (primary N) is 1. The molecule has 3 heterocycles. The number of nitrogens with one attached hydrogen (secondary N) is 1. The fourth-order valence-electron chi connectivity index (χ4n) is 3.38. The van der Waals surface area contributed by atoms with Crippen LogP contribution in [-0.4, -0.2) is 38.2 Å². The van der Waals surface area contributed by atoms with Crippen LogP contribution in [0.2, 0.25) is 0 Å². The average Bonchev–Trinajstić information content (AvgIpc) is 3.24. The lowest BCUT2D eigenvalue weighted by Crippen LogP contribution is -2.23. The predicted molar refractivity (Wildman–Crippen MR) is 90.8 cm³/mol. The number of fused-ring (bicyclic) bond motifs is 1. The molecular formula is C17H20N6. The summed E-state index contributed by atoms with van der Waals surface area (Å²) in [6.45, 7) is 4.63. The van der Waals surface area contributed by atoms with Gasteiger partial charge in [0.2, 0.25) is 0 Å². The lowest BCUT2D eigenvalue weighted by molar-refractivity contribution is 0.263. The molecule has 2 aromatic heterocycles. The Bertz CT molecular complexity index is 834. The molecule has 1 fully saturated rings. The van der Waals surface area contributed by atoms with Crippen LogP contribution in [0.5, 0.6) is 0 Å². The van der Waals surface area contributed by atoms with E-state index in [9.17, 15) is 0 Å².